The second-order valence-corrected chi connectivity index (χ2v) is 4.67. The second kappa shape index (κ2) is 6.67. The third kappa shape index (κ3) is 4.06. The first-order valence-corrected chi connectivity index (χ1v) is 6.54. The number of nitrogens with one attached hydrogen (secondary N) is 2. The van der Waals surface area contributed by atoms with E-state index in [2.05, 4.69) is 10.9 Å². The Labute approximate surface area is 118 Å². The van der Waals surface area contributed by atoms with Crippen molar-refractivity contribution < 1.29 is 18.7 Å². The fourth-order valence-corrected chi connectivity index (χ4v) is 1.93. The molecule has 0 unspecified atom stereocenters. The van der Waals surface area contributed by atoms with Crippen LogP contribution in [0.5, 0.6) is 5.75 Å². The lowest BCUT2D eigenvalue weighted by molar-refractivity contribution is -0.123. The van der Waals surface area contributed by atoms with E-state index in [1.807, 2.05) is 0 Å². The van der Waals surface area contributed by atoms with Gasteiger partial charge in [0.2, 0.25) is 0 Å². The van der Waals surface area contributed by atoms with Gasteiger partial charge in [0, 0.05) is 0 Å². The largest absolute Gasteiger partial charge is 0.484 e. The van der Waals surface area contributed by atoms with Gasteiger partial charge in [0.25, 0.3) is 11.8 Å². The summed E-state index contributed by atoms with van der Waals surface area (Å²) in [6.45, 7) is -0.281. The molecule has 0 aliphatic rings. The van der Waals surface area contributed by atoms with Gasteiger partial charge in [-0.1, -0.05) is 6.07 Å². The van der Waals surface area contributed by atoms with Crippen molar-refractivity contribution in [3.63, 3.8) is 0 Å². The number of ether oxygens (including phenoxy) is 1. The molecule has 5 nitrogen and oxygen atoms in total. The predicted octanol–water partition coefficient (Wildman–Crippen LogP) is 1.73. The lowest BCUT2D eigenvalue weighted by atomic mass is 10.3. The smallest absolute Gasteiger partial charge is 0.279 e. The summed E-state index contributed by atoms with van der Waals surface area (Å²) in [6, 6.07) is 8.65. The van der Waals surface area contributed by atoms with E-state index in [4.69, 9.17) is 4.74 Å². The van der Waals surface area contributed by atoms with Crippen molar-refractivity contribution in [2.75, 3.05) is 6.61 Å². The first kappa shape index (κ1) is 14.0. The molecule has 2 aromatic rings. The monoisotopic (exact) mass is 294 g/mol. The van der Waals surface area contributed by atoms with Gasteiger partial charge in [-0.05, 0) is 35.7 Å². The number of hydrogen-bond donors (Lipinski definition) is 2. The Hall–Kier alpha value is -2.41. The van der Waals surface area contributed by atoms with Crippen molar-refractivity contribution in [3.8, 4) is 5.75 Å². The van der Waals surface area contributed by atoms with Gasteiger partial charge in [0.1, 0.15) is 11.6 Å². The molecule has 104 valence electrons. The molecule has 2 rings (SSSR count). The minimum absolute atomic E-state index is 0.281. The Morgan fingerprint density at radius 3 is 2.55 bits per heavy atom. The number of amides is 2. The molecule has 2 amide bonds. The van der Waals surface area contributed by atoms with Crippen LogP contribution in [-0.4, -0.2) is 18.4 Å². The third-order valence-corrected chi connectivity index (χ3v) is 3.11. The normalized spacial score (nSPS) is 9.85. The Morgan fingerprint density at radius 1 is 1.15 bits per heavy atom. The SMILES string of the molecule is O=C(COc1ccc(F)cc1)NNC(=O)c1cccs1. The summed E-state index contributed by atoms with van der Waals surface area (Å²) in [4.78, 5) is 23.5. The molecular formula is C13H11FN2O3S. The molecule has 0 aliphatic carbocycles. The maximum absolute atomic E-state index is 12.6. The summed E-state index contributed by atoms with van der Waals surface area (Å²) < 4.78 is 17.8. The van der Waals surface area contributed by atoms with E-state index in [0.717, 1.165) is 0 Å². The predicted molar refractivity (Wildman–Crippen MR) is 71.8 cm³/mol. The lowest BCUT2D eigenvalue weighted by Crippen LogP contribution is -2.43. The van der Waals surface area contributed by atoms with E-state index >= 15 is 0 Å². The molecule has 0 saturated carbocycles. The van der Waals surface area contributed by atoms with Crippen LogP contribution in [0.15, 0.2) is 41.8 Å². The van der Waals surface area contributed by atoms with Crippen LogP contribution < -0.4 is 15.6 Å². The molecule has 0 saturated heterocycles. The Kier molecular flexibility index (Phi) is 4.67. The van der Waals surface area contributed by atoms with Crippen LogP contribution in [0.2, 0.25) is 0 Å². The van der Waals surface area contributed by atoms with Crippen molar-refractivity contribution >= 4 is 23.2 Å². The number of carbonyl (C=O) groups is 2. The van der Waals surface area contributed by atoms with Gasteiger partial charge in [-0.15, -0.1) is 11.3 Å². The third-order valence-electron chi connectivity index (χ3n) is 2.24. The Balaban J connectivity index is 1.73. The standard InChI is InChI=1S/C13H11FN2O3S/c14-9-3-5-10(6-4-9)19-8-12(17)15-16-13(18)11-2-1-7-20-11/h1-7H,8H2,(H,15,17)(H,16,18). The first-order chi connectivity index (χ1) is 9.65. The van der Waals surface area contributed by atoms with Crippen LogP contribution in [-0.2, 0) is 4.79 Å². The van der Waals surface area contributed by atoms with Crippen LogP contribution >= 0.6 is 11.3 Å². The van der Waals surface area contributed by atoms with Gasteiger partial charge >= 0.3 is 0 Å². The minimum Gasteiger partial charge on any atom is -0.484 e. The minimum atomic E-state index is -0.515. The molecule has 0 fully saturated rings. The van der Waals surface area contributed by atoms with E-state index in [-0.39, 0.29) is 12.4 Å². The zero-order valence-electron chi connectivity index (χ0n) is 10.3. The van der Waals surface area contributed by atoms with Crippen LogP contribution in [0.1, 0.15) is 9.67 Å². The molecule has 0 radical (unpaired) electrons. The van der Waals surface area contributed by atoms with E-state index in [9.17, 15) is 14.0 Å². The second-order valence-electron chi connectivity index (χ2n) is 3.72. The summed E-state index contributed by atoms with van der Waals surface area (Å²) in [5.74, 6) is -0.925. The summed E-state index contributed by atoms with van der Waals surface area (Å²) in [7, 11) is 0. The van der Waals surface area contributed by atoms with E-state index in [0.29, 0.717) is 10.6 Å². The molecule has 0 atom stereocenters. The number of rotatable bonds is 4. The first-order valence-electron chi connectivity index (χ1n) is 5.66. The zero-order valence-corrected chi connectivity index (χ0v) is 11.1. The average molecular weight is 294 g/mol. The molecular weight excluding hydrogens is 283 g/mol. The average Bonchev–Trinajstić information content (AvgIpc) is 2.98. The molecule has 0 spiro atoms. The summed E-state index contributed by atoms with van der Waals surface area (Å²) in [5, 5.41) is 1.76. The van der Waals surface area contributed by atoms with Crippen LogP contribution in [0.4, 0.5) is 4.39 Å². The van der Waals surface area contributed by atoms with Crippen molar-refractivity contribution in [3.05, 3.63) is 52.5 Å². The van der Waals surface area contributed by atoms with Crippen LogP contribution in [0.25, 0.3) is 0 Å². The van der Waals surface area contributed by atoms with Crippen molar-refractivity contribution in [2.45, 2.75) is 0 Å². The van der Waals surface area contributed by atoms with E-state index in [1.165, 1.54) is 35.6 Å². The zero-order chi connectivity index (χ0) is 14.4. The number of halogens is 1. The molecule has 2 N–H and O–H groups in total. The Morgan fingerprint density at radius 2 is 1.90 bits per heavy atom. The molecule has 0 bridgehead atoms. The number of thiophene rings is 1. The van der Waals surface area contributed by atoms with E-state index < -0.39 is 11.8 Å². The fourth-order valence-electron chi connectivity index (χ4n) is 1.31. The summed E-state index contributed by atoms with van der Waals surface area (Å²) in [6.07, 6.45) is 0. The quantitative estimate of drug-likeness (QED) is 0.844. The number of carbonyl (C=O) groups excluding carboxylic acids is 2. The highest BCUT2D eigenvalue weighted by atomic mass is 32.1. The van der Waals surface area contributed by atoms with Crippen LogP contribution in [0, 0.1) is 5.82 Å². The highest BCUT2D eigenvalue weighted by Crippen LogP contribution is 2.10. The van der Waals surface area contributed by atoms with Crippen molar-refractivity contribution in [1.82, 2.24) is 10.9 Å². The highest BCUT2D eigenvalue weighted by Gasteiger charge is 2.08. The Bertz CT molecular complexity index is 584. The number of hydrazine groups is 1. The van der Waals surface area contributed by atoms with Gasteiger partial charge < -0.3 is 4.74 Å². The lowest BCUT2D eigenvalue weighted by Gasteiger charge is -2.08. The van der Waals surface area contributed by atoms with Gasteiger partial charge in [0.15, 0.2) is 6.61 Å². The molecule has 20 heavy (non-hydrogen) atoms. The van der Waals surface area contributed by atoms with Gasteiger partial charge in [-0.2, -0.15) is 0 Å². The molecule has 1 aromatic carbocycles. The maximum atomic E-state index is 12.6. The van der Waals surface area contributed by atoms with Crippen molar-refractivity contribution in [2.24, 2.45) is 0 Å². The topological polar surface area (TPSA) is 67.4 Å². The molecule has 0 aliphatic heterocycles. The maximum Gasteiger partial charge on any atom is 0.279 e. The van der Waals surface area contributed by atoms with E-state index in [1.54, 1.807) is 17.5 Å². The van der Waals surface area contributed by atoms with Gasteiger partial charge in [0.05, 0.1) is 4.88 Å². The fraction of sp³-hybridized carbons (Fsp3) is 0.0769. The van der Waals surface area contributed by atoms with Gasteiger partial charge in [-0.25, -0.2) is 4.39 Å². The molecule has 1 aromatic heterocycles. The highest BCUT2D eigenvalue weighted by molar-refractivity contribution is 7.12. The summed E-state index contributed by atoms with van der Waals surface area (Å²) >= 11 is 1.26. The molecule has 1 heterocycles. The number of hydrogen-bond acceptors (Lipinski definition) is 4. The molecule has 7 heteroatoms. The van der Waals surface area contributed by atoms with Gasteiger partial charge in [-0.3, -0.25) is 20.4 Å². The summed E-state index contributed by atoms with van der Waals surface area (Å²) in [5.41, 5.74) is 4.48. The van der Waals surface area contributed by atoms with Crippen LogP contribution in [0.3, 0.4) is 0 Å². The number of benzene rings is 1. The van der Waals surface area contributed by atoms with Crippen molar-refractivity contribution in [1.29, 1.82) is 0 Å².